The van der Waals surface area contributed by atoms with Crippen molar-refractivity contribution in [1.82, 2.24) is 20.3 Å². The third-order valence-corrected chi connectivity index (χ3v) is 4.89. The summed E-state index contributed by atoms with van der Waals surface area (Å²) in [6.07, 6.45) is 3.40. The fourth-order valence-corrected chi connectivity index (χ4v) is 3.34. The summed E-state index contributed by atoms with van der Waals surface area (Å²) < 4.78 is 21.3. The lowest BCUT2D eigenvalue weighted by Crippen LogP contribution is -2.32. The van der Waals surface area contributed by atoms with Crippen LogP contribution in [0.2, 0.25) is 5.28 Å². The molecule has 0 saturated carbocycles. The fraction of sp³-hybridized carbons (Fsp3) is 0.560. The third kappa shape index (κ3) is 10.6. The van der Waals surface area contributed by atoms with Crippen LogP contribution in [0.4, 0.5) is 4.79 Å². The molecule has 2 aromatic rings. The van der Waals surface area contributed by atoms with Crippen LogP contribution >= 0.6 is 11.6 Å². The molecule has 0 bridgehead atoms. The first-order valence-corrected chi connectivity index (χ1v) is 12.3. The van der Waals surface area contributed by atoms with Gasteiger partial charge in [-0.05, 0) is 69.8 Å². The highest BCUT2D eigenvalue weighted by atomic mass is 35.5. The lowest BCUT2D eigenvalue weighted by atomic mass is 10.1. The van der Waals surface area contributed by atoms with Crippen molar-refractivity contribution in [2.45, 2.75) is 65.4 Å². The molecule has 0 aliphatic heterocycles. The molecule has 0 atom stereocenters. The van der Waals surface area contributed by atoms with E-state index in [9.17, 15) is 9.59 Å². The number of ether oxygens (including phenoxy) is 4. The van der Waals surface area contributed by atoms with Crippen molar-refractivity contribution in [2.24, 2.45) is 0 Å². The van der Waals surface area contributed by atoms with Gasteiger partial charge in [-0.1, -0.05) is 18.9 Å². The van der Waals surface area contributed by atoms with E-state index in [-0.39, 0.29) is 11.3 Å². The Bertz CT molecular complexity index is 1010. The third-order valence-electron chi connectivity index (χ3n) is 4.72. The molecule has 2 rings (SSSR count). The Labute approximate surface area is 217 Å². The molecule has 0 radical (unpaired) electrons. The predicted molar refractivity (Wildman–Crippen MR) is 135 cm³/mol. The Morgan fingerprint density at radius 3 is 2.47 bits per heavy atom. The maximum Gasteiger partial charge on any atom is 0.407 e. The Morgan fingerprint density at radius 2 is 1.78 bits per heavy atom. The molecule has 10 nitrogen and oxygen atoms in total. The van der Waals surface area contributed by atoms with Gasteiger partial charge < -0.3 is 24.3 Å². The molecule has 1 amide bonds. The topological polar surface area (TPSA) is 122 Å². The minimum absolute atomic E-state index is 0.0485. The van der Waals surface area contributed by atoms with Gasteiger partial charge in [-0.3, -0.25) is 0 Å². The second-order valence-corrected chi connectivity index (χ2v) is 9.26. The second kappa shape index (κ2) is 14.4. The van der Waals surface area contributed by atoms with Crippen molar-refractivity contribution in [3.8, 4) is 11.8 Å². The summed E-state index contributed by atoms with van der Waals surface area (Å²) in [6.45, 7) is 8.70. The van der Waals surface area contributed by atoms with Gasteiger partial charge in [-0.2, -0.15) is 9.97 Å². The molecule has 0 fully saturated rings. The van der Waals surface area contributed by atoms with Crippen LogP contribution in [0.1, 0.15) is 75.1 Å². The zero-order chi connectivity index (χ0) is 26.6. The van der Waals surface area contributed by atoms with Crippen molar-refractivity contribution in [3.05, 3.63) is 40.4 Å². The highest BCUT2D eigenvalue weighted by Gasteiger charge is 2.16. The summed E-state index contributed by atoms with van der Waals surface area (Å²) in [7, 11) is 1.33. The zero-order valence-electron chi connectivity index (χ0n) is 21.6. The van der Waals surface area contributed by atoms with Crippen LogP contribution in [0, 0.1) is 0 Å². The molecule has 36 heavy (non-hydrogen) atoms. The van der Waals surface area contributed by atoms with Crippen LogP contribution < -0.4 is 14.8 Å². The van der Waals surface area contributed by atoms with Gasteiger partial charge in [0.25, 0.3) is 0 Å². The van der Waals surface area contributed by atoms with Crippen LogP contribution in [-0.2, 0) is 15.9 Å². The van der Waals surface area contributed by atoms with E-state index >= 15 is 0 Å². The molecule has 0 saturated heterocycles. The number of alkyl carbamates (subject to hydrolysis) is 1. The van der Waals surface area contributed by atoms with Gasteiger partial charge in [0.05, 0.1) is 20.3 Å². The minimum Gasteiger partial charge on any atom is -0.493 e. The number of carbonyl (C=O) groups is 2. The Hall–Kier alpha value is -3.14. The van der Waals surface area contributed by atoms with E-state index in [0.717, 1.165) is 31.2 Å². The number of esters is 1. The van der Waals surface area contributed by atoms with E-state index < -0.39 is 17.7 Å². The molecule has 1 N–H and O–H groups in total. The van der Waals surface area contributed by atoms with E-state index in [1.54, 1.807) is 18.2 Å². The normalized spacial score (nSPS) is 11.1. The fourth-order valence-electron chi connectivity index (χ4n) is 3.17. The van der Waals surface area contributed by atoms with Gasteiger partial charge in [0.2, 0.25) is 5.28 Å². The van der Waals surface area contributed by atoms with E-state index in [1.807, 2.05) is 27.7 Å². The highest BCUT2D eigenvalue weighted by molar-refractivity contribution is 6.28. The van der Waals surface area contributed by atoms with E-state index in [4.69, 9.17) is 30.5 Å². The number of halogens is 1. The maximum atomic E-state index is 12.2. The summed E-state index contributed by atoms with van der Waals surface area (Å²) in [4.78, 5) is 36.2. The zero-order valence-corrected chi connectivity index (χ0v) is 22.3. The van der Waals surface area contributed by atoms with Crippen LogP contribution in [0.25, 0.3) is 0 Å². The largest absolute Gasteiger partial charge is 0.493 e. The molecule has 0 spiro atoms. The first kappa shape index (κ1) is 29.1. The van der Waals surface area contributed by atoms with Crippen LogP contribution in [0.15, 0.2) is 18.2 Å². The number of rotatable bonds is 13. The van der Waals surface area contributed by atoms with Crippen molar-refractivity contribution >= 4 is 23.7 Å². The van der Waals surface area contributed by atoms with Crippen LogP contribution in [0.5, 0.6) is 11.8 Å². The predicted octanol–water partition coefficient (Wildman–Crippen LogP) is 4.77. The number of hydrogen-bond donors (Lipinski definition) is 1. The lowest BCUT2D eigenvalue weighted by molar-refractivity contribution is 0.0525. The standard InChI is InChI=1S/C25H35ClN4O6/c1-6-34-23-29-20(28-22(26)30-23)16-17-11-12-18(21(31)33-5)19(15-17)35-14-10-8-7-9-13-27-24(32)36-25(2,3)4/h11-12,15H,6-10,13-14,16H2,1-5H3,(H,27,32). The average molecular weight is 523 g/mol. The highest BCUT2D eigenvalue weighted by Crippen LogP contribution is 2.24. The first-order valence-electron chi connectivity index (χ1n) is 12.0. The summed E-state index contributed by atoms with van der Waals surface area (Å²) >= 11 is 5.98. The molecule has 0 unspecified atom stereocenters. The Morgan fingerprint density at radius 1 is 1.03 bits per heavy atom. The summed E-state index contributed by atoms with van der Waals surface area (Å²) in [5, 5.41) is 2.80. The SMILES string of the molecule is CCOc1nc(Cl)nc(Cc2ccc(C(=O)OC)c(OCCCCCCNC(=O)OC(C)(C)C)c2)n1. The number of methoxy groups -OCH3 is 1. The monoisotopic (exact) mass is 522 g/mol. The van der Waals surface area contributed by atoms with E-state index in [1.165, 1.54) is 7.11 Å². The number of aromatic nitrogens is 3. The van der Waals surface area contributed by atoms with Gasteiger partial charge in [-0.25, -0.2) is 14.6 Å². The molecule has 0 aliphatic carbocycles. The molecule has 1 aromatic carbocycles. The smallest absolute Gasteiger partial charge is 0.407 e. The molecular weight excluding hydrogens is 488 g/mol. The molecule has 1 aromatic heterocycles. The van der Waals surface area contributed by atoms with Crippen molar-refractivity contribution in [2.75, 3.05) is 26.9 Å². The van der Waals surface area contributed by atoms with Crippen molar-refractivity contribution < 1.29 is 28.5 Å². The quantitative estimate of drug-likeness (QED) is 0.293. The van der Waals surface area contributed by atoms with Gasteiger partial charge >= 0.3 is 18.1 Å². The average Bonchev–Trinajstić information content (AvgIpc) is 2.79. The number of unbranched alkanes of at least 4 members (excludes halogenated alkanes) is 3. The van der Waals surface area contributed by atoms with Crippen LogP contribution in [-0.4, -0.2) is 59.5 Å². The summed E-state index contributed by atoms with van der Waals surface area (Å²) in [5.41, 5.74) is 0.661. The molecular formula is C25H35ClN4O6. The number of nitrogens with zero attached hydrogens (tertiary/aromatic N) is 3. The lowest BCUT2D eigenvalue weighted by Gasteiger charge is -2.19. The molecule has 1 heterocycles. The van der Waals surface area contributed by atoms with E-state index in [0.29, 0.717) is 43.3 Å². The number of nitrogens with one attached hydrogen (secondary N) is 1. The second-order valence-electron chi connectivity index (χ2n) is 8.93. The first-order chi connectivity index (χ1) is 17.1. The van der Waals surface area contributed by atoms with Crippen molar-refractivity contribution in [1.29, 1.82) is 0 Å². The maximum absolute atomic E-state index is 12.2. The Kier molecular flexibility index (Phi) is 11.7. The van der Waals surface area contributed by atoms with Crippen molar-refractivity contribution in [3.63, 3.8) is 0 Å². The number of benzene rings is 1. The summed E-state index contributed by atoms with van der Waals surface area (Å²) in [6, 6.07) is 5.38. The van der Waals surface area contributed by atoms with E-state index in [2.05, 4.69) is 20.3 Å². The number of hydrogen-bond acceptors (Lipinski definition) is 9. The molecule has 0 aliphatic rings. The van der Waals surface area contributed by atoms with Crippen LogP contribution in [0.3, 0.4) is 0 Å². The van der Waals surface area contributed by atoms with Gasteiger partial charge in [0, 0.05) is 13.0 Å². The summed E-state index contributed by atoms with van der Waals surface area (Å²) in [5.74, 6) is 0.387. The molecule has 198 valence electrons. The molecule has 11 heteroatoms. The minimum atomic E-state index is -0.507. The van der Waals surface area contributed by atoms with Gasteiger partial charge in [0.1, 0.15) is 22.7 Å². The number of carbonyl (C=O) groups excluding carboxylic acids is 2. The Balaban J connectivity index is 1.88. The van der Waals surface area contributed by atoms with Gasteiger partial charge in [0.15, 0.2) is 0 Å². The number of amides is 1. The van der Waals surface area contributed by atoms with Gasteiger partial charge in [-0.15, -0.1) is 0 Å².